The molecule has 0 spiro atoms. The minimum atomic E-state index is -0.296. The minimum absolute atomic E-state index is 0.0343. The second kappa shape index (κ2) is 8.75. The molecular formula is C20H22ClN5OS. The van der Waals surface area contributed by atoms with Crippen LogP contribution >= 0.6 is 23.4 Å². The van der Waals surface area contributed by atoms with Gasteiger partial charge in [0.05, 0.1) is 11.4 Å². The first-order chi connectivity index (χ1) is 13.3. The summed E-state index contributed by atoms with van der Waals surface area (Å²) in [6.07, 6.45) is 0. The smallest absolute Gasteiger partial charge is 0.233 e. The Morgan fingerprint density at radius 1 is 1.11 bits per heavy atom. The Morgan fingerprint density at radius 3 is 2.43 bits per heavy atom. The van der Waals surface area contributed by atoms with Crippen LogP contribution < -0.4 is 0 Å². The Labute approximate surface area is 173 Å². The highest BCUT2D eigenvalue weighted by Crippen LogP contribution is 2.23. The number of aromatic nitrogens is 4. The standard InChI is InChI=1S/C20H22ClN5OS/c1-20(2,3)25(13-15-7-5-4-6-8-15)18(27)14-28-19-22-23-24-26(19)17-11-9-16(21)10-12-17/h4-12H,13-14H2,1-3H3. The number of halogens is 1. The van der Waals surface area contributed by atoms with Crippen LogP contribution in [0.3, 0.4) is 0 Å². The highest BCUT2D eigenvalue weighted by Gasteiger charge is 2.27. The van der Waals surface area contributed by atoms with Crippen LogP contribution in [-0.2, 0) is 11.3 Å². The van der Waals surface area contributed by atoms with Crippen molar-refractivity contribution in [2.75, 3.05) is 5.75 Å². The van der Waals surface area contributed by atoms with Crippen molar-refractivity contribution in [2.45, 2.75) is 38.0 Å². The van der Waals surface area contributed by atoms with Crippen LogP contribution in [0.4, 0.5) is 0 Å². The van der Waals surface area contributed by atoms with Crippen molar-refractivity contribution in [1.29, 1.82) is 0 Å². The van der Waals surface area contributed by atoms with Gasteiger partial charge in [-0.3, -0.25) is 4.79 Å². The molecule has 0 aliphatic heterocycles. The van der Waals surface area contributed by atoms with Gasteiger partial charge in [0.25, 0.3) is 0 Å². The average Bonchev–Trinajstić information content (AvgIpc) is 3.13. The summed E-state index contributed by atoms with van der Waals surface area (Å²) in [5.74, 6) is 0.282. The molecule has 1 aromatic heterocycles. The molecule has 0 saturated heterocycles. The number of benzene rings is 2. The normalized spacial score (nSPS) is 11.4. The molecule has 0 atom stereocenters. The van der Waals surface area contributed by atoms with Crippen LogP contribution in [0.15, 0.2) is 59.8 Å². The average molecular weight is 416 g/mol. The van der Waals surface area contributed by atoms with Crippen molar-refractivity contribution in [3.05, 3.63) is 65.2 Å². The van der Waals surface area contributed by atoms with E-state index in [4.69, 9.17) is 11.6 Å². The number of hydrogen-bond donors (Lipinski definition) is 0. The number of carbonyl (C=O) groups is 1. The van der Waals surface area contributed by atoms with Gasteiger partial charge in [-0.1, -0.05) is 53.7 Å². The fourth-order valence-corrected chi connectivity index (χ4v) is 3.58. The van der Waals surface area contributed by atoms with Gasteiger partial charge in [-0.25, -0.2) is 0 Å². The summed E-state index contributed by atoms with van der Waals surface area (Å²) in [7, 11) is 0. The van der Waals surface area contributed by atoms with Crippen LogP contribution in [0, 0.1) is 0 Å². The zero-order valence-electron chi connectivity index (χ0n) is 16.0. The van der Waals surface area contributed by atoms with E-state index in [9.17, 15) is 4.79 Å². The molecule has 0 N–H and O–H groups in total. The van der Waals surface area contributed by atoms with Crippen LogP contribution in [0.25, 0.3) is 5.69 Å². The van der Waals surface area contributed by atoms with E-state index in [-0.39, 0.29) is 17.2 Å². The lowest BCUT2D eigenvalue weighted by atomic mass is 10.0. The van der Waals surface area contributed by atoms with Gasteiger partial charge in [0.1, 0.15) is 0 Å². The molecule has 28 heavy (non-hydrogen) atoms. The monoisotopic (exact) mass is 415 g/mol. The zero-order valence-corrected chi connectivity index (χ0v) is 17.6. The van der Waals surface area contributed by atoms with Crippen molar-refractivity contribution < 1.29 is 4.79 Å². The Hall–Kier alpha value is -2.38. The summed E-state index contributed by atoms with van der Waals surface area (Å²) in [5, 5.41) is 13.0. The molecule has 0 bridgehead atoms. The van der Waals surface area contributed by atoms with E-state index >= 15 is 0 Å². The van der Waals surface area contributed by atoms with Gasteiger partial charge in [0, 0.05) is 17.1 Å². The van der Waals surface area contributed by atoms with Crippen LogP contribution in [0.5, 0.6) is 0 Å². The lowest BCUT2D eigenvalue weighted by molar-refractivity contribution is -0.133. The van der Waals surface area contributed by atoms with Gasteiger partial charge < -0.3 is 4.90 Å². The van der Waals surface area contributed by atoms with Crippen LogP contribution in [0.2, 0.25) is 5.02 Å². The molecule has 6 nitrogen and oxygen atoms in total. The predicted molar refractivity (Wildman–Crippen MR) is 112 cm³/mol. The molecular weight excluding hydrogens is 394 g/mol. The summed E-state index contributed by atoms with van der Waals surface area (Å²) < 4.78 is 1.60. The van der Waals surface area contributed by atoms with Crippen molar-refractivity contribution in [3.63, 3.8) is 0 Å². The molecule has 8 heteroatoms. The maximum absolute atomic E-state index is 13.0. The first-order valence-corrected chi connectivity index (χ1v) is 10.2. The lowest BCUT2D eigenvalue weighted by Crippen LogP contribution is -2.45. The molecule has 0 radical (unpaired) electrons. The Morgan fingerprint density at radius 2 is 1.79 bits per heavy atom. The third-order valence-corrected chi connectivity index (χ3v) is 5.29. The SMILES string of the molecule is CC(C)(C)N(Cc1ccccc1)C(=O)CSc1nnnn1-c1ccc(Cl)cc1. The van der Waals surface area contributed by atoms with E-state index in [1.165, 1.54) is 11.8 Å². The second-order valence-corrected chi connectivity index (χ2v) is 8.65. The molecule has 0 fully saturated rings. The maximum Gasteiger partial charge on any atom is 0.233 e. The molecule has 0 unspecified atom stereocenters. The molecule has 3 aromatic rings. The van der Waals surface area contributed by atoms with Gasteiger partial charge in [0.15, 0.2) is 0 Å². The van der Waals surface area contributed by atoms with E-state index in [1.54, 1.807) is 16.8 Å². The first-order valence-electron chi connectivity index (χ1n) is 8.86. The molecule has 146 valence electrons. The number of hydrogen-bond acceptors (Lipinski definition) is 5. The summed E-state index contributed by atoms with van der Waals surface area (Å²) >= 11 is 7.26. The first kappa shape index (κ1) is 20.4. The third-order valence-electron chi connectivity index (χ3n) is 4.13. The van der Waals surface area contributed by atoms with Crippen molar-refractivity contribution >= 4 is 29.3 Å². The number of tetrazole rings is 1. The number of carbonyl (C=O) groups excluding carboxylic acids is 1. The van der Waals surface area contributed by atoms with Gasteiger partial charge in [-0.2, -0.15) is 4.68 Å². The summed E-state index contributed by atoms with van der Waals surface area (Å²) in [6.45, 7) is 6.68. The Bertz CT molecular complexity index is 922. The molecule has 2 aromatic carbocycles. The summed E-state index contributed by atoms with van der Waals surface area (Å²) in [4.78, 5) is 14.9. The fourth-order valence-electron chi connectivity index (χ4n) is 2.68. The van der Waals surface area contributed by atoms with Crippen LogP contribution in [0.1, 0.15) is 26.3 Å². The van der Waals surface area contributed by atoms with Gasteiger partial charge in [0.2, 0.25) is 11.1 Å². The topological polar surface area (TPSA) is 63.9 Å². The number of amides is 1. The van der Waals surface area contributed by atoms with Crippen molar-refractivity contribution in [3.8, 4) is 5.69 Å². The van der Waals surface area contributed by atoms with Crippen molar-refractivity contribution in [1.82, 2.24) is 25.1 Å². The molecule has 1 heterocycles. The van der Waals surface area contributed by atoms with E-state index in [2.05, 4.69) is 15.5 Å². The minimum Gasteiger partial charge on any atom is -0.333 e. The molecule has 0 aliphatic carbocycles. The van der Waals surface area contributed by atoms with Gasteiger partial charge in [-0.05, 0) is 61.0 Å². The summed E-state index contributed by atoms with van der Waals surface area (Å²) in [5.41, 5.74) is 1.60. The van der Waals surface area contributed by atoms with Crippen molar-refractivity contribution in [2.24, 2.45) is 0 Å². The van der Waals surface area contributed by atoms with E-state index < -0.39 is 0 Å². The predicted octanol–water partition coefficient (Wildman–Crippen LogP) is 4.24. The van der Waals surface area contributed by atoms with E-state index in [0.29, 0.717) is 16.7 Å². The zero-order chi connectivity index (χ0) is 20.1. The highest BCUT2D eigenvalue weighted by atomic mass is 35.5. The molecule has 0 saturated carbocycles. The maximum atomic E-state index is 13.0. The quantitative estimate of drug-likeness (QED) is 0.563. The van der Waals surface area contributed by atoms with E-state index in [1.807, 2.05) is 68.1 Å². The van der Waals surface area contributed by atoms with Gasteiger partial charge >= 0.3 is 0 Å². The largest absolute Gasteiger partial charge is 0.333 e. The fraction of sp³-hybridized carbons (Fsp3) is 0.300. The second-order valence-electron chi connectivity index (χ2n) is 7.27. The third kappa shape index (κ3) is 5.11. The number of nitrogens with zero attached hydrogens (tertiary/aromatic N) is 5. The van der Waals surface area contributed by atoms with Gasteiger partial charge in [-0.15, -0.1) is 5.10 Å². The molecule has 3 rings (SSSR count). The Kier molecular flexibility index (Phi) is 6.36. The molecule has 0 aliphatic rings. The summed E-state index contributed by atoms with van der Waals surface area (Å²) in [6, 6.07) is 17.2. The molecule has 1 amide bonds. The number of rotatable bonds is 6. The van der Waals surface area contributed by atoms with E-state index in [0.717, 1.165) is 11.3 Å². The Balaban J connectivity index is 1.72. The van der Waals surface area contributed by atoms with Crippen LogP contribution in [-0.4, -0.2) is 42.3 Å². The highest BCUT2D eigenvalue weighted by molar-refractivity contribution is 7.99. The number of thioether (sulfide) groups is 1. The lowest BCUT2D eigenvalue weighted by Gasteiger charge is -2.36.